The zero-order chi connectivity index (χ0) is 15.5. The summed E-state index contributed by atoms with van der Waals surface area (Å²) in [5.41, 5.74) is -0.293. The van der Waals surface area contributed by atoms with Gasteiger partial charge in [-0.15, -0.1) is 0 Å². The fraction of sp³-hybridized carbons (Fsp3) is 0.294. The van der Waals surface area contributed by atoms with Crippen molar-refractivity contribution in [1.82, 2.24) is 0 Å². The molecule has 21 heavy (non-hydrogen) atoms. The van der Waals surface area contributed by atoms with Crippen molar-refractivity contribution in [1.29, 1.82) is 0 Å². The molecule has 0 fully saturated rings. The fourth-order valence-corrected chi connectivity index (χ4v) is 1.92. The number of hydrogen-bond donors (Lipinski definition) is 2. The van der Waals surface area contributed by atoms with Gasteiger partial charge in [0.2, 0.25) is 0 Å². The second-order valence-corrected chi connectivity index (χ2v) is 5.27. The minimum Gasteiger partial charge on any atom is -0.489 e. The summed E-state index contributed by atoms with van der Waals surface area (Å²) in [5.74, 6) is -0.203. The lowest BCUT2D eigenvalue weighted by atomic mass is 9.91. The summed E-state index contributed by atoms with van der Waals surface area (Å²) in [4.78, 5) is 0. The molecule has 2 rings (SSSR count). The largest absolute Gasteiger partial charge is 0.489 e. The molecule has 2 aromatic rings. The van der Waals surface area contributed by atoms with Gasteiger partial charge in [-0.2, -0.15) is 0 Å². The van der Waals surface area contributed by atoms with Crippen LogP contribution in [0.4, 0.5) is 4.39 Å². The molecule has 0 radical (unpaired) electrons. The van der Waals surface area contributed by atoms with Gasteiger partial charge in [-0.3, -0.25) is 0 Å². The Labute approximate surface area is 123 Å². The molecule has 112 valence electrons. The third kappa shape index (κ3) is 3.80. The van der Waals surface area contributed by atoms with E-state index in [0.717, 1.165) is 5.56 Å². The van der Waals surface area contributed by atoms with Crippen molar-refractivity contribution in [3.05, 3.63) is 65.5 Å². The number of ether oxygens (including phenoxy) is 1. The molecule has 0 amide bonds. The first kappa shape index (κ1) is 15.5. The highest BCUT2D eigenvalue weighted by Gasteiger charge is 2.30. The number of aliphatic hydroxyl groups is 2. The Morgan fingerprint density at radius 1 is 1.19 bits per heavy atom. The van der Waals surface area contributed by atoms with E-state index in [2.05, 4.69) is 0 Å². The monoisotopic (exact) mass is 290 g/mol. The predicted octanol–water partition coefficient (Wildman–Crippen LogP) is 2.99. The molecule has 0 aliphatic heterocycles. The van der Waals surface area contributed by atoms with E-state index in [4.69, 9.17) is 4.74 Å². The van der Waals surface area contributed by atoms with Crippen molar-refractivity contribution < 1.29 is 19.3 Å². The summed E-state index contributed by atoms with van der Waals surface area (Å²) in [5, 5.41) is 19.8. The third-order valence-electron chi connectivity index (χ3n) is 3.52. The fourth-order valence-electron chi connectivity index (χ4n) is 1.92. The maximum Gasteiger partial charge on any atom is 0.127 e. The summed E-state index contributed by atoms with van der Waals surface area (Å²) < 4.78 is 19.2. The molecule has 3 nitrogen and oxygen atoms in total. The Morgan fingerprint density at radius 3 is 2.48 bits per heavy atom. The van der Waals surface area contributed by atoms with E-state index in [0.29, 0.717) is 12.4 Å². The molecule has 0 saturated carbocycles. The lowest BCUT2D eigenvalue weighted by molar-refractivity contribution is -0.0572. The maximum atomic E-state index is 13.7. The first-order chi connectivity index (χ1) is 9.89. The quantitative estimate of drug-likeness (QED) is 0.890. The minimum absolute atomic E-state index is 0.278. The zero-order valence-electron chi connectivity index (χ0n) is 12.1. The highest BCUT2D eigenvalue weighted by Crippen LogP contribution is 2.29. The Kier molecular flexibility index (Phi) is 4.60. The zero-order valence-corrected chi connectivity index (χ0v) is 12.1. The van der Waals surface area contributed by atoms with Gasteiger partial charge >= 0.3 is 0 Å². The number of benzene rings is 2. The Bertz CT molecular complexity index is 594. The van der Waals surface area contributed by atoms with Gasteiger partial charge in [-0.25, -0.2) is 4.39 Å². The van der Waals surface area contributed by atoms with Gasteiger partial charge in [0.25, 0.3) is 0 Å². The van der Waals surface area contributed by atoms with E-state index in [9.17, 15) is 14.6 Å². The summed E-state index contributed by atoms with van der Waals surface area (Å²) in [6, 6.07) is 13.5. The standard InChI is InChI=1S/C17H19FO3/c1-12(19)17(2,20)14-8-15(18)10-16(9-14)21-11-13-6-4-3-5-7-13/h3-10,12,19-20H,11H2,1-2H3. The van der Waals surface area contributed by atoms with Crippen LogP contribution in [0.25, 0.3) is 0 Å². The van der Waals surface area contributed by atoms with Crippen LogP contribution in [-0.2, 0) is 12.2 Å². The minimum atomic E-state index is -1.53. The number of aliphatic hydroxyl groups excluding tert-OH is 1. The molecule has 0 aliphatic carbocycles. The SMILES string of the molecule is CC(O)C(C)(O)c1cc(F)cc(OCc2ccccc2)c1. The van der Waals surface area contributed by atoms with Crippen LogP contribution in [0, 0.1) is 5.82 Å². The summed E-state index contributed by atoms with van der Waals surface area (Å²) in [6.45, 7) is 3.20. The molecular weight excluding hydrogens is 271 g/mol. The average Bonchev–Trinajstić information content (AvgIpc) is 2.45. The Morgan fingerprint density at radius 2 is 1.86 bits per heavy atom. The molecule has 0 spiro atoms. The van der Waals surface area contributed by atoms with E-state index in [-0.39, 0.29) is 5.56 Å². The van der Waals surface area contributed by atoms with Crippen LogP contribution in [-0.4, -0.2) is 16.3 Å². The van der Waals surface area contributed by atoms with Crippen molar-refractivity contribution in [2.45, 2.75) is 32.2 Å². The predicted molar refractivity (Wildman–Crippen MR) is 78.4 cm³/mol. The highest BCUT2D eigenvalue weighted by molar-refractivity contribution is 5.34. The molecule has 0 aromatic heterocycles. The highest BCUT2D eigenvalue weighted by atomic mass is 19.1. The molecule has 0 saturated heterocycles. The van der Waals surface area contributed by atoms with Crippen LogP contribution in [0.15, 0.2) is 48.5 Å². The Balaban J connectivity index is 2.19. The topological polar surface area (TPSA) is 49.7 Å². The van der Waals surface area contributed by atoms with Crippen molar-refractivity contribution in [3.8, 4) is 5.75 Å². The molecule has 4 heteroatoms. The van der Waals surface area contributed by atoms with Crippen molar-refractivity contribution in [2.75, 3.05) is 0 Å². The van der Waals surface area contributed by atoms with Gasteiger partial charge in [0.15, 0.2) is 0 Å². The number of rotatable bonds is 5. The molecule has 2 unspecified atom stereocenters. The van der Waals surface area contributed by atoms with Crippen molar-refractivity contribution in [3.63, 3.8) is 0 Å². The molecular formula is C17H19FO3. The van der Waals surface area contributed by atoms with Crippen LogP contribution < -0.4 is 4.74 Å². The lowest BCUT2D eigenvalue weighted by Gasteiger charge is -2.27. The molecule has 0 heterocycles. The van der Waals surface area contributed by atoms with Crippen molar-refractivity contribution >= 4 is 0 Å². The number of halogens is 1. The van der Waals surface area contributed by atoms with Gasteiger partial charge < -0.3 is 14.9 Å². The average molecular weight is 290 g/mol. The first-order valence-corrected chi connectivity index (χ1v) is 6.78. The summed E-state index contributed by atoms with van der Waals surface area (Å²) in [6.07, 6.45) is -1.03. The maximum absolute atomic E-state index is 13.7. The smallest absolute Gasteiger partial charge is 0.127 e. The van der Waals surface area contributed by atoms with Gasteiger partial charge in [0.1, 0.15) is 23.8 Å². The molecule has 0 aliphatic rings. The van der Waals surface area contributed by atoms with Crippen LogP contribution >= 0.6 is 0 Å². The molecule has 0 bridgehead atoms. The van der Waals surface area contributed by atoms with Crippen LogP contribution in [0.3, 0.4) is 0 Å². The van der Waals surface area contributed by atoms with E-state index in [1.54, 1.807) is 6.07 Å². The van der Waals surface area contributed by atoms with E-state index >= 15 is 0 Å². The van der Waals surface area contributed by atoms with Crippen LogP contribution in [0.5, 0.6) is 5.75 Å². The first-order valence-electron chi connectivity index (χ1n) is 6.78. The molecule has 2 atom stereocenters. The summed E-state index contributed by atoms with van der Waals surface area (Å²) in [7, 11) is 0. The molecule has 2 N–H and O–H groups in total. The van der Waals surface area contributed by atoms with Gasteiger partial charge in [0.05, 0.1) is 6.10 Å². The van der Waals surface area contributed by atoms with E-state index in [1.165, 1.54) is 26.0 Å². The van der Waals surface area contributed by atoms with Gasteiger partial charge in [0, 0.05) is 6.07 Å². The number of hydrogen-bond acceptors (Lipinski definition) is 3. The Hall–Kier alpha value is -1.91. The van der Waals surface area contributed by atoms with Gasteiger partial charge in [-0.1, -0.05) is 30.3 Å². The lowest BCUT2D eigenvalue weighted by Crippen LogP contribution is -2.34. The van der Waals surface area contributed by atoms with E-state index in [1.807, 2.05) is 30.3 Å². The van der Waals surface area contributed by atoms with Crippen LogP contribution in [0.2, 0.25) is 0 Å². The van der Waals surface area contributed by atoms with Crippen LogP contribution in [0.1, 0.15) is 25.0 Å². The van der Waals surface area contributed by atoms with E-state index < -0.39 is 17.5 Å². The third-order valence-corrected chi connectivity index (χ3v) is 3.52. The second kappa shape index (κ2) is 6.24. The second-order valence-electron chi connectivity index (χ2n) is 5.27. The summed E-state index contributed by atoms with van der Waals surface area (Å²) >= 11 is 0. The molecule has 2 aromatic carbocycles. The normalized spacial score (nSPS) is 15.3. The van der Waals surface area contributed by atoms with Crippen molar-refractivity contribution in [2.24, 2.45) is 0 Å². The van der Waals surface area contributed by atoms with Gasteiger partial charge in [-0.05, 0) is 37.1 Å².